The quantitative estimate of drug-likeness (QED) is 0.600. The Hall–Kier alpha value is -1.04. The molecule has 2 unspecified atom stereocenters. The SMILES string of the molecule is COc1ccc2c3c1O[C@H]1[C@@H](O)C=CC4(Br)C(C2)N(C)CC[C@]314. The molecule has 23 heavy (non-hydrogen) atoms. The van der Waals surface area contributed by atoms with E-state index in [4.69, 9.17) is 9.47 Å². The van der Waals surface area contributed by atoms with Gasteiger partial charge in [0.2, 0.25) is 0 Å². The molecule has 2 heterocycles. The Morgan fingerprint density at radius 2 is 2.26 bits per heavy atom. The molecule has 4 nitrogen and oxygen atoms in total. The number of piperidine rings is 1. The van der Waals surface area contributed by atoms with Gasteiger partial charge in [0.05, 0.1) is 16.8 Å². The molecule has 4 aliphatic rings. The van der Waals surface area contributed by atoms with Crippen molar-refractivity contribution in [3.8, 4) is 11.5 Å². The number of alkyl halides is 1. The van der Waals surface area contributed by atoms with E-state index < -0.39 is 6.10 Å². The van der Waals surface area contributed by atoms with E-state index in [1.165, 1.54) is 11.1 Å². The van der Waals surface area contributed by atoms with Crippen LogP contribution >= 0.6 is 15.9 Å². The van der Waals surface area contributed by atoms with Crippen LogP contribution < -0.4 is 9.47 Å². The van der Waals surface area contributed by atoms with Gasteiger partial charge in [-0.15, -0.1) is 0 Å². The smallest absolute Gasteiger partial charge is 0.166 e. The van der Waals surface area contributed by atoms with Crippen molar-refractivity contribution < 1.29 is 14.6 Å². The van der Waals surface area contributed by atoms with E-state index in [-0.39, 0.29) is 15.8 Å². The molecule has 1 fully saturated rings. The molecule has 1 N–H and O–H groups in total. The van der Waals surface area contributed by atoms with Crippen LogP contribution in [0, 0.1) is 0 Å². The normalized spacial score (nSPS) is 43.0. The lowest BCUT2D eigenvalue weighted by molar-refractivity contribution is -0.0307. The van der Waals surface area contributed by atoms with Crippen LogP contribution in [0.2, 0.25) is 0 Å². The minimum atomic E-state index is -0.590. The number of benzene rings is 1. The molecule has 0 aromatic heterocycles. The lowest BCUT2D eigenvalue weighted by atomic mass is 9.53. The highest BCUT2D eigenvalue weighted by Gasteiger charge is 2.70. The summed E-state index contributed by atoms with van der Waals surface area (Å²) < 4.78 is 11.7. The van der Waals surface area contributed by atoms with Crippen LogP contribution in [0.3, 0.4) is 0 Å². The van der Waals surface area contributed by atoms with Crippen LogP contribution in [0.4, 0.5) is 0 Å². The Morgan fingerprint density at radius 1 is 1.43 bits per heavy atom. The summed E-state index contributed by atoms with van der Waals surface area (Å²) in [6, 6.07) is 4.53. The first kappa shape index (κ1) is 14.3. The van der Waals surface area contributed by atoms with E-state index in [0.29, 0.717) is 6.04 Å². The number of aliphatic hydroxyl groups is 1. The zero-order valence-corrected chi connectivity index (χ0v) is 14.8. The maximum absolute atomic E-state index is 10.6. The third kappa shape index (κ3) is 1.42. The van der Waals surface area contributed by atoms with Gasteiger partial charge in [-0.1, -0.05) is 34.1 Å². The molecule has 1 aromatic carbocycles. The molecule has 5 heteroatoms. The van der Waals surface area contributed by atoms with Crippen molar-refractivity contribution in [2.45, 2.75) is 40.8 Å². The second-order valence-corrected chi connectivity index (χ2v) is 8.52. The topological polar surface area (TPSA) is 41.9 Å². The van der Waals surface area contributed by atoms with Crippen molar-refractivity contribution >= 4 is 15.9 Å². The van der Waals surface area contributed by atoms with E-state index in [9.17, 15) is 5.11 Å². The number of hydrogen-bond acceptors (Lipinski definition) is 4. The molecule has 5 atom stereocenters. The molecule has 1 saturated heterocycles. The Labute approximate surface area is 144 Å². The monoisotopic (exact) mass is 377 g/mol. The average molecular weight is 378 g/mol. The molecule has 2 bridgehead atoms. The number of likely N-dealkylation sites (N-methyl/N-ethyl adjacent to an activating group) is 1. The van der Waals surface area contributed by atoms with Crippen molar-refractivity contribution in [2.75, 3.05) is 20.7 Å². The van der Waals surface area contributed by atoms with Crippen molar-refractivity contribution in [2.24, 2.45) is 0 Å². The molecular weight excluding hydrogens is 358 g/mol. The lowest BCUT2D eigenvalue weighted by Crippen LogP contribution is -2.72. The van der Waals surface area contributed by atoms with Gasteiger partial charge in [-0.25, -0.2) is 0 Å². The van der Waals surface area contributed by atoms with Gasteiger partial charge in [-0.3, -0.25) is 0 Å². The van der Waals surface area contributed by atoms with Crippen molar-refractivity contribution in [3.63, 3.8) is 0 Å². The van der Waals surface area contributed by atoms with Gasteiger partial charge >= 0.3 is 0 Å². The third-order valence-corrected chi connectivity index (χ3v) is 7.92. The number of methoxy groups -OCH3 is 1. The largest absolute Gasteiger partial charge is 0.493 e. The maximum Gasteiger partial charge on any atom is 0.166 e. The number of aliphatic hydroxyl groups excluding tert-OH is 1. The fraction of sp³-hybridized carbons (Fsp3) is 0.556. The fourth-order valence-electron chi connectivity index (χ4n) is 5.38. The van der Waals surface area contributed by atoms with E-state index in [1.807, 2.05) is 12.1 Å². The van der Waals surface area contributed by atoms with Crippen LogP contribution in [-0.4, -0.2) is 53.3 Å². The summed E-state index contributed by atoms with van der Waals surface area (Å²) >= 11 is 4.10. The van der Waals surface area contributed by atoms with Gasteiger partial charge in [0.1, 0.15) is 12.2 Å². The van der Waals surface area contributed by atoms with Crippen LogP contribution in [0.1, 0.15) is 17.5 Å². The van der Waals surface area contributed by atoms with Crippen LogP contribution in [0.15, 0.2) is 24.3 Å². The summed E-state index contributed by atoms with van der Waals surface area (Å²) in [5, 5.41) is 10.6. The highest BCUT2D eigenvalue weighted by atomic mass is 79.9. The predicted octanol–water partition coefficient (Wildman–Crippen LogP) is 2.02. The molecular formula is C18H20BrNO3. The summed E-state index contributed by atoms with van der Waals surface area (Å²) in [5.41, 5.74) is 2.36. The van der Waals surface area contributed by atoms with Crippen LogP contribution in [0.25, 0.3) is 0 Å². The summed E-state index contributed by atoms with van der Waals surface area (Å²) in [6.07, 6.45) is 5.17. The molecule has 2 aliphatic carbocycles. The van der Waals surface area contributed by atoms with E-state index >= 15 is 0 Å². The first-order chi connectivity index (χ1) is 11.0. The summed E-state index contributed by atoms with van der Waals surface area (Å²) in [6.45, 7) is 1.01. The zero-order valence-electron chi connectivity index (χ0n) is 13.3. The van der Waals surface area contributed by atoms with Gasteiger partial charge in [0.25, 0.3) is 0 Å². The Bertz CT molecular complexity index is 735. The van der Waals surface area contributed by atoms with Gasteiger partial charge < -0.3 is 19.5 Å². The Balaban J connectivity index is 1.87. The molecule has 0 radical (unpaired) electrons. The zero-order chi connectivity index (χ0) is 16.0. The van der Waals surface area contributed by atoms with Gasteiger partial charge in [-0.05, 0) is 38.1 Å². The number of ether oxygens (including phenoxy) is 2. The third-order valence-electron chi connectivity index (χ3n) is 6.42. The summed E-state index contributed by atoms with van der Waals surface area (Å²) in [4.78, 5) is 2.43. The molecule has 122 valence electrons. The maximum atomic E-state index is 10.6. The standard InChI is InChI=1S/C18H20BrNO3/c1-20-8-7-17-14-10-3-4-12(22-2)15(14)23-16(17)11(21)5-6-18(17,19)13(20)9-10/h3-6,11,13,16,21H,7-9H2,1-2H3/t11-,13?,16-,17-,18?/m0/s1. The predicted molar refractivity (Wildman–Crippen MR) is 90.6 cm³/mol. The average Bonchev–Trinajstić information content (AvgIpc) is 2.90. The van der Waals surface area contributed by atoms with Gasteiger partial charge in [-0.2, -0.15) is 0 Å². The number of nitrogens with zero attached hydrogens (tertiary/aromatic N) is 1. The molecule has 1 aromatic rings. The Kier molecular flexibility index (Phi) is 2.69. The highest BCUT2D eigenvalue weighted by Crippen LogP contribution is 2.66. The van der Waals surface area contributed by atoms with E-state index in [1.54, 1.807) is 7.11 Å². The van der Waals surface area contributed by atoms with Crippen LogP contribution in [0.5, 0.6) is 11.5 Å². The van der Waals surface area contributed by atoms with Crippen LogP contribution in [-0.2, 0) is 11.8 Å². The van der Waals surface area contributed by atoms with Crippen molar-refractivity contribution in [3.05, 3.63) is 35.4 Å². The minimum Gasteiger partial charge on any atom is -0.493 e. The Morgan fingerprint density at radius 3 is 3.04 bits per heavy atom. The molecule has 1 spiro atoms. The highest BCUT2D eigenvalue weighted by molar-refractivity contribution is 9.10. The van der Waals surface area contributed by atoms with Gasteiger partial charge in [0.15, 0.2) is 11.5 Å². The van der Waals surface area contributed by atoms with Gasteiger partial charge in [0, 0.05) is 11.6 Å². The van der Waals surface area contributed by atoms with Crippen molar-refractivity contribution in [1.29, 1.82) is 0 Å². The molecule has 5 rings (SSSR count). The number of hydrogen-bond donors (Lipinski definition) is 1. The summed E-state index contributed by atoms with van der Waals surface area (Å²) in [5.74, 6) is 1.61. The van der Waals surface area contributed by atoms with E-state index in [2.05, 4.69) is 40.0 Å². The minimum absolute atomic E-state index is 0.207. The molecule has 0 saturated carbocycles. The first-order valence-corrected chi connectivity index (χ1v) is 8.96. The van der Waals surface area contributed by atoms with Crippen molar-refractivity contribution in [1.82, 2.24) is 4.90 Å². The second-order valence-electron chi connectivity index (χ2n) is 7.21. The first-order valence-electron chi connectivity index (χ1n) is 8.16. The molecule has 2 aliphatic heterocycles. The number of rotatable bonds is 1. The lowest BCUT2D eigenvalue weighted by Gasteiger charge is -2.61. The fourth-order valence-corrected chi connectivity index (χ4v) is 6.67. The number of likely N-dealkylation sites (tertiary alicyclic amines) is 1. The second kappa shape index (κ2) is 4.32. The van der Waals surface area contributed by atoms with E-state index in [0.717, 1.165) is 30.9 Å². The molecule has 0 amide bonds. The summed E-state index contributed by atoms with van der Waals surface area (Å²) in [7, 11) is 3.87. The number of halogens is 1.